The largest absolute Gasteiger partial charge is 0.497 e. The Balaban J connectivity index is 1.48. The van der Waals surface area contributed by atoms with Crippen LogP contribution < -0.4 is 4.74 Å². The number of aromatic nitrogens is 2. The lowest BCUT2D eigenvalue weighted by atomic mass is 9.99. The Kier molecular flexibility index (Phi) is 4.55. The number of ether oxygens (including phenoxy) is 1. The summed E-state index contributed by atoms with van der Waals surface area (Å²) in [6, 6.07) is 14.2. The molecule has 3 aromatic rings. The van der Waals surface area contributed by atoms with Crippen LogP contribution in [0.25, 0.3) is 11.5 Å². The van der Waals surface area contributed by atoms with Crippen LogP contribution in [-0.4, -0.2) is 28.8 Å². The normalized spacial score (nSPS) is 14.3. The van der Waals surface area contributed by atoms with E-state index in [4.69, 9.17) is 9.15 Å². The van der Waals surface area contributed by atoms with Crippen molar-refractivity contribution in [3.05, 3.63) is 64.0 Å². The Bertz CT molecular complexity index is 894. The van der Waals surface area contributed by atoms with Crippen LogP contribution >= 0.6 is 15.9 Å². The van der Waals surface area contributed by atoms with E-state index in [0.717, 1.165) is 35.3 Å². The van der Waals surface area contributed by atoms with Crippen LogP contribution in [0.2, 0.25) is 0 Å². The number of hydrogen-bond acceptors (Lipinski definition) is 5. The molecule has 0 spiro atoms. The van der Waals surface area contributed by atoms with Gasteiger partial charge in [0.15, 0.2) is 0 Å². The molecule has 25 heavy (non-hydrogen) atoms. The van der Waals surface area contributed by atoms with E-state index in [2.05, 4.69) is 43.2 Å². The number of methoxy groups -OCH3 is 1. The van der Waals surface area contributed by atoms with Gasteiger partial charge in [-0.25, -0.2) is 0 Å². The highest BCUT2D eigenvalue weighted by atomic mass is 79.9. The second-order valence-corrected chi connectivity index (χ2v) is 7.02. The van der Waals surface area contributed by atoms with Crippen molar-refractivity contribution in [3.8, 4) is 17.2 Å². The maximum Gasteiger partial charge on any atom is 0.247 e. The van der Waals surface area contributed by atoms with Gasteiger partial charge in [0.05, 0.1) is 13.7 Å². The molecule has 0 bridgehead atoms. The average Bonchev–Trinajstić information content (AvgIpc) is 3.09. The van der Waals surface area contributed by atoms with E-state index < -0.39 is 0 Å². The van der Waals surface area contributed by atoms with Crippen LogP contribution in [0.1, 0.15) is 17.0 Å². The molecule has 6 heteroatoms. The summed E-state index contributed by atoms with van der Waals surface area (Å²) in [6.45, 7) is 2.49. The highest BCUT2D eigenvalue weighted by Gasteiger charge is 2.19. The fraction of sp³-hybridized carbons (Fsp3) is 0.263. The highest BCUT2D eigenvalue weighted by Crippen LogP contribution is 2.26. The Morgan fingerprint density at radius 2 is 2.08 bits per heavy atom. The maximum absolute atomic E-state index is 5.85. The minimum atomic E-state index is 0.551. The molecule has 1 aliphatic heterocycles. The van der Waals surface area contributed by atoms with Crippen LogP contribution in [0.5, 0.6) is 5.75 Å². The van der Waals surface area contributed by atoms with Crippen LogP contribution in [0, 0.1) is 0 Å². The average molecular weight is 400 g/mol. The Hall–Kier alpha value is -2.18. The van der Waals surface area contributed by atoms with Gasteiger partial charge in [0.25, 0.3) is 0 Å². The molecule has 0 N–H and O–H groups in total. The second-order valence-electron chi connectivity index (χ2n) is 6.11. The van der Waals surface area contributed by atoms with Gasteiger partial charge in [0, 0.05) is 23.1 Å². The summed E-state index contributed by atoms with van der Waals surface area (Å²) in [7, 11) is 1.70. The summed E-state index contributed by atoms with van der Waals surface area (Å²) in [5, 5.41) is 8.39. The maximum atomic E-state index is 5.85. The first-order valence-electron chi connectivity index (χ1n) is 8.18. The van der Waals surface area contributed by atoms with E-state index in [1.54, 1.807) is 7.11 Å². The minimum Gasteiger partial charge on any atom is -0.497 e. The summed E-state index contributed by atoms with van der Waals surface area (Å²) in [4.78, 5) is 2.32. The van der Waals surface area contributed by atoms with Gasteiger partial charge in [0.2, 0.25) is 11.8 Å². The predicted molar refractivity (Wildman–Crippen MR) is 98.2 cm³/mol. The van der Waals surface area contributed by atoms with Crippen molar-refractivity contribution >= 4 is 15.9 Å². The molecule has 0 radical (unpaired) electrons. The molecule has 0 aliphatic carbocycles. The molecular formula is C19H18BrN3O2. The summed E-state index contributed by atoms with van der Waals surface area (Å²) < 4.78 is 12.2. The zero-order valence-corrected chi connectivity index (χ0v) is 15.5. The van der Waals surface area contributed by atoms with Gasteiger partial charge in [-0.15, -0.1) is 10.2 Å². The molecule has 0 unspecified atom stereocenters. The van der Waals surface area contributed by atoms with Crippen molar-refractivity contribution in [1.29, 1.82) is 0 Å². The Labute approximate surface area is 154 Å². The molecule has 0 saturated heterocycles. The summed E-state index contributed by atoms with van der Waals surface area (Å²) in [5.41, 5.74) is 3.61. The zero-order chi connectivity index (χ0) is 17.2. The molecule has 0 saturated carbocycles. The van der Waals surface area contributed by atoms with Gasteiger partial charge in [-0.1, -0.05) is 28.1 Å². The van der Waals surface area contributed by atoms with Crippen LogP contribution in [0.4, 0.5) is 0 Å². The topological polar surface area (TPSA) is 51.4 Å². The van der Waals surface area contributed by atoms with Crippen LogP contribution in [-0.2, 0) is 19.5 Å². The van der Waals surface area contributed by atoms with Crippen molar-refractivity contribution in [2.24, 2.45) is 0 Å². The second kappa shape index (κ2) is 6.98. The molecule has 0 amide bonds. The van der Waals surface area contributed by atoms with E-state index in [1.165, 1.54) is 11.1 Å². The van der Waals surface area contributed by atoms with Gasteiger partial charge in [-0.05, 0) is 47.9 Å². The molecule has 5 nitrogen and oxygen atoms in total. The van der Waals surface area contributed by atoms with Gasteiger partial charge < -0.3 is 9.15 Å². The molecule has 1 aromatic heterocycles. The third-order valence-corrected chi connectivity index (χ3v) is 4.90. The first-order chi connectivity index (χ1) is 12.2. The van der Waals surface area contributed by atoms with E-state index >= 15 is 0 Å². The fourth-order valence-electron chi connectivity index (χ4n) is 3.10. The SMILES string of the molecule is COc1ccc2c(c1)CN(Cc1nnc(-c3cccc(Br)c3)o1)CC2. The third kappa shape index (κ3) is 3.60. The molecule has 128 valence electrons. The standard InChI is InChI=1S/C19H18BrN3O2/c1-24-17-6-5-13-7-8-23(11-15(13)10-17)12-18-21-22-19(25-18)14-3-2-4-16(20)9-14/h2-6,9-10H,7-8,11-12H2,1H3. The molecule has 0 fully saturated rings. The first-order valence-corrected chi connectivity index (χ1v) is 8.97. The van der Waals surface area contributed by atoms with E-state index in [1.807, 2.05) is 30.3 Å². The van der Waals surface area contributed by atoms with Gasteiger partial charge in [-0.3, -0.25) is 4.90 Å². The van der Waals surface area contributed by atoms with Gasteiger partial charge in [0.1, 0.15) is 5.75 Å². The molecule has 1 aliphatic rings. The quantitative estimate of drug-likeness (QED) is 0.661. The predicted octanol–water partition coefficient (Wildman–Crippen LogP) is 4.07. The van der Waals surface area contributed by atoms with Crippen LogP contribution in [0.3, 0.4) is 0 Å². The van der Waals surface area contributed by atoms with Gasteiger partial charge in [-0.2, -0.15) is 0 Å². The Morgan fingerprint density at radius 1 is 1.16 bits per heavy atom. The molecule has 2 aromatic carbocycles. The Morgan fingerprint density at radius 3 is 2.92 bits per heavy atom. The summed E-state index contributed by atoms with van der Waals surface area (Å²) >= 11 is 3.46. The molecule has 4 rings (SSSR count). The highest BCUT2D eigenvalue weighted by molar-refractivity contribution is 9.10. The zero-order valence-electron chi connectivity index (χ0n) is 13.9. The lowest BCUT2D eigenvalue weighted by Crippen LogP contribution is -2.30. The summed E-state index contributed by atoms with van der Waals surface area (Å²) in [5.74, 6) is 2.09. The van der Waals surface area contributed by atoms with Crippen molar-refractivity contribution < 1.29 is 9.15 Å². The van der Waals surface area contributed by atoms with Gasteiger partial charge >= 0.3 is 0 Å². The third-order valence-electron chi connectivity index (χ3n) is 4.40. The van der Waals surface area contributed by atoms with Crippen molar-refractivity contribution in [2.75, 3.05) is 13.7 Å². The van der Waals surface area contributed by atoms with Crippen molar-refractivity contribution in [2.45, 2.75) is 19.5 Å². The number of hydrogen-bond donors (Lipinski definition) is 0. The molecule has 2 heterocycles. The van der Waals surface area contributed by atoms with E-state index in [-0.39, 0.29) is 0 Å². The lowest BCUT2D eigenvalue weighted by Gasteiger charge is -2.27. The smallest absolute Gasteiger partial charge is 0.247 e. The monoisotopic (exact) mass is 399 g/mol. The molecule has 0 atom stereocenters. The number of nitrogens with zero attached hydrogens (tertiary/aromatic N) is 3. The number of rotatable bonds is 4. The fourth-order valence-corrected chi connectivity index (χ4v) is 3.50. The minimum absolute atomic E-state index is 0.551. The van der Waals surface area contributed by atoms with Crippen LogP contribution in [0.15, 0.2) is 51.4 Å². The molecular weight excluding hydrogens is 382 g/mol. The van der Waals surface area contributed by atoms with Crippen molar-refractivity contribution in [3.63, 3.8) is 0 Å². The number of benzene rings is 2. The first kappa shape index (κ1) is 16.3. The van der Waals surface area contributed by atoms with E-state index in [9.17, 15) is 0 Å². The number of halogens is 1. The summed E-state index contributed by atoms with van der Waals surface area (Å²) in [6.07, 6.45) is 1.02. The number of fused-ring (bicyclic) bond motifs is 1. The lowest BCUT2D eigenvalue weighted by molar-refractivity contribution is 0.221. The van der Waals surface area contributed by atoms with E-state index in [0.29, 0.717) is 18.3 Å². The van der Waals surface area contributed by atoms with Crippen molar-refractivity contribution in [1.82, 2.24) is 15.1 Å².